The summed E-state index contributed by atoms with van der Waals surface area (Å²) in [5.74, 6) is 0.761. The first kappa shape index (κ1) is 25.3. The van der Waals surface area contributed by atoms with Crippen LogP contribution in [0.1, 0.15) is 12.1 Å². The highest BCUT2D eigenvalue weighted by Crippen LogP contribution is 2.30. The Hall–Kier alpha value is -3.38. The highest BCUT2D eigenvalue weighted by molar-refractivity contribution is 7.16. The summed E-state index contributed by atoms with van der Waals surface area (Å²) in [4.78, 5) is 31.6. The van der Waals surface area contributed by atoms with E-state index >= 15 is 0 Å². The number of aromatic amines is 1. The van der Waals surface area contributed by atoms with Crippen molar-refractivity contribution >= 4 is 56.1 Å². The first-order valence-electron chi connectivity index (χ1n) is 12.6. The number of rotatable bonds is 7. The number of carbonyl (C=O) groups excluding carboxylic acids is 1. The summed E-state index contributed by atoms with van der Waals surface area (Å²) >= 11 is 1.61. The second-order valence-electron chi connectivity index (χ2n) is 9.10. The van der Waals surface area contributed by atoms with Gasteiger partial charge in [0.2, 0.25) is 6.41 Å². The fourth-order valence-electron chi connectivity index (χ4n) is 4.51. The molecule has 0 saturated carbocycles. The number of hydrogen-bond donors (Lipinski definition) is 4. The second-order valence-corrected chi connectivity index (χ2v) is 9.99. The van der Waals surface area contributed by atoms with Gasteiger partial charge in [-0.1, -0.05) is 6.08 Å². The summed E-state index contributed by atoms with van der Waals surface area (Å²) in [6.45, 7) is 8.41. The molecule has 5 heterocycles. The molecule has 0 atom stereocenters. The summed E-state index contributed by atoms with van der Waals surface area (Å²) in [6, 6.07) is 8.15. The molecule has 4 N–H and O–H groups in total. The third kappa shape index (κ3) is 6.31. The van der Waals surface area contributed by atoms with E-state index in [9.17, 15) is 4.79 Å². The number of amides is 1. The van der Waals surface area contributed by atoms with E-state index in [-0.39, 0.29) is 0 Å². The van der Waals surface area contributed by atoms with Crippen LogP contribution in [0.25, 0.3) is 26.8 Å². The van der Waals surface area contributed by atoms with Gasteiger partial charge >= 0.3 is 0 Å². The molecule has 11 heteroatoms. The molecule has 10 nitrogen and oxygen atoms in total. The van der Waals surface area contributed by atoms with Crippen molar-refractivity contribution in [2.75, 3.05) is 64.7 Å². The predicted molar refractivity (Wildman–Crippen MR) is 150 cm³/mol. The van der Waals surface area contributed by atoms with Crippen molar-refractivity contribution in [1.29, 1.82) is 0 Å². The van der Waals surface area contributed by atoms with Crippen molar-refractivity contribution < 1.29 is 4.79 Å². The number of likely N-dealkylation sites (N-methyl/N-ethyl adjacent to an activating group) is 1. The van der Waals surface area contributed by atoms with Crippen molar-refractivity contribution in [2.24, 2.45) is 0 Å². The third-order valence-electron chi connectivity index (χ3n) is 6.64. The Kier molecular flexibility index (Phi) is 8.36. The van der Waals surface area contributed by atoms with Gasteiger partial charge in [-0.2, -0.15) is 0 Å². The van der Waals surface area contributed by atoms with Gasteiger partial charge < -0.3 is 25.8 Å². The molecule has 0 aliphatic carbocycles. The number of H-pyrrole nitrogens is 1. The first-order chi connectivity index (χ1) is 18.2. The maximum absolute atomic E-state index is 10.9. The quantitative estimate of drug-likeness (QED) is 0.276. The fraction of sp³-hybridized carbons (Fsp3) is 0.385. The van der Waals surface area contributed by atoms with Crippen molar-refractivity contribution in [2.45, 2.75) is 6.42 Å². The van der Waals surface area contributed by atoms with Crippen LogP contribution in [0.4, 0.5) is 11.5 Å². The van der Waals surface area contributed by atoms with E-state index in [1.54, 1.807) is 22.6 Å². The fourth-order valence-corrected chi connectivity index (χ4v) is 5.23. The van der Waals surface area contributed by atoms with E-state index in [0.29, 0.717) is 6.54 Å². The molecule has 0 spiro atoms. The Morgan fingerprint density at radius 1 is 1.14 bits per heavy atom. The predicted octanol–water partition coefficient (Wildman–Crippen LogP) is 2.67. The van der Waals surface area contributed by atoms with Crippen molar-refractivity contribution in [3.05, 3.63) is 47.9 Å². The highest BCUT2D eigenvalue weighted by Gasteiger charge is 2.15. The molecule has 4 aromatic rings. The van der Waals surface area contributed by atoms with Crippen LogP contribution in [0, 0.1) is 0 Å². The van der Waals surface area contributed by atoms with E-state index < -0.39 is 0 Å². The number of carbonyl (C=O) groups is 1. The molecule has 194 valence electrons. The molecular formula is C26H33N9OS. The monoisotopic (exact) mass is 519 g/mol. The molecule has 0 unspecified atom stereocenters. The number of fused-ring (bicyclic) bond motifs is 2. The molecule has 2 aliphatic rings. The van der Waals surface area contributed by atoms with Crippen LogP contribution in [0.3, 0.4) is 0 Å². The van der Waals surface area contributed by atoms with Gasteiger partial charge in [-0.25, -0.2) is 15.0 Å². The number of anilines is 2. The van der Waals surface area contributed by atoms with Gasteiger partial charge in [0.1, 0.15) is 17.8 Å². The number of piperazine rings is 1. The van der Waals surface area contributed by atoms with Crippen LogP contribution >= 0.6 is 11.3 Å². The number of hydrogen-bond acceptors (Lipinski definition) is 9. The van der Waals surface area contributed by atoms with Crippen molar-refractivity contribution in [3.63, 3.8) is 0 Å². The topological polar surface area (TPSA) is 114 Å². The number of nitrogens with zero attached hydrogens (tertiary/aromatic N) is 5. The normalized spacial score (nSPS) is 16.4. The van der Waals surface area contributed by atoms with Gasteiger partial charge in [0.15, 0.2) is 0 Å². The van der Waals surface area contributed by atoms with Crippen molar-refractivity contribution in [1.82, 2.24) is 40.4 Å². The second kappa shape index (κ2) is 12.2. The van der Waals surface area contributed by atoms with Gasteiger partial charge in [0.25, 0.3) is 0 Å². The lowest BCUT2D eigenvalue weighted by Gasteiger charge is -2.26. The molecule has 0 radical (unpaired) electrons. The molecule has 2 aliphatic heterocycles. The van der Waals surface area contributed by atoms with E-state index in [1.807, 2.05) is 24.7 Å². The Labute approximate surface area is 220 Å². The Morgan fingerprint density at radius 3 is 2.81 bits per heavy atom. The minimum absolute atomic E-state index is 0.639. The molecule has 0 bridgehead atoms. The minimum atomic E-state index is 0.639. The van der Waals surface area contributed by atoms with Gasteiger partial charge in [0.05, 0.1) is 21.1 Å². The molecule has 1 fully saturated rings. The number of aromatic nitrogens is 4. The average Bonchev–Trinajstić information content (AvgIpc) is 3.60. The number of benzene rings is 1. The zero-order valence-electron chi connectivity index (χ0n) is 21.0. The van der Waals surface area contributed by atoms with Crippen LogP contribution in [0.15, 0.2) is 42.2 Å². The van der Waals surface area contributed by atoms with Crippen molar-refractivity contribution in [3.8, 4) is 0 Å². The minimum Gasteiger partial charge on any atom is -0.341 e. The van der Waals surface area contributed by atoms with Gasteiger partial charge in [0, 0.05) is 63.7 Å². The zero-order valence-corrected chi connectivity index (χ0v) is 21.9. The molecule has 37 heavy (non-hydrogen) atoms. The summed E-state index contributed by atoms with van der Waals surface area (Å²) in [6.07, 6.45) is 5.36. The Balaban J connectivity index is 0.000000237. The van der Waals surface area contributed by atoms with E-state index in [2.05, 4.69) is 59.0 Å². The van der Waals surface area contributed by atoms with Gasteiger partial charge in [-0.3, -0.25) is 9.69 Å². The Bertz CT molecular complexity index is 1360. The number of nitrogens with one attached hydrogen (secondary N) is 4. The van der Waals surface area contributed by atoms with Crippen LogP contribution < -0.4 is 16.0 Å². The molecule has 1 aromatic carbocycles. The van der Waals surface area contributed by atoms with E-state index in [1.165, 1.54) is 25.2 Å². The summed E-state index contributed by atoms with van der Waals surface area (Å²) < 4.78 is 1.13. The average molecular weight is 520 g/mol. The molecule has 1 saturated heterocycles. The van der Waals surface area contributed by atoms with Crippen LogP contribution in [-0.2, 0) is 4.79 Å². The third-order valence-corrected chi connectivity index (χ3v) is 7.43. The largest absolute Gasteiger partial charge is 0.341 e. The summed E-state index contributed by atoms with van der Waals surface area (Å²) in [7, 11) is 2.00. The highest BCUT2D eigenvalue weighted by atomic mass is 32.1. The number of thiazole rings is 1. The van der Waals surface area contributed by atoms with Gasteiger partial charge in [-0.05, 0) is 43.3 Å². The molecule has 1 amide bonds. The maximum atomic E-state index is 10.9. The lowest BCUT2D eigenvalue weighted by Crippen LogP contribution is -2.45. The molecular weight excluding hydrogens is 486 g/mol. The smallest absolute Gasteiger partial charge is 0.209 e. The standard InChI is InChI=1S/C19H16N6OS.C7H17N3/c26-11-25-5-3-12(4-6-25)16-8-14-18(20-9-21-19(14)24-16)23-13-1-2-15-17(7-13)27-10-22-15;1-8-2-5-10-6-3-9-4-7-10/h1-3,7-11H,4-6H2,(H2,20,21,23,24);8-9H,2-7H2,1H3. The van der Waals surface area contributed by atoms with E-state index in [0.717, 1.165) is 77.5 Å². The lowest BCUT2D eigenvalue weighted by atomic mass is 10.1. The van der Waals surface area contributed by atoms with Crippen LogP contribution in [0.5, 0.6) is 0 Å². The summed E-state index contributed by atoms with van der Waals surface area (Å²) in [5, 5.41) is 10.8. The maximum Gasteiger partial charge on any atom is 0.209 e. The van der Waals surface area contributed by atoms with Crippen LogP contribution in [-0.4, -0.2) is 95.6 Å². The van der Waals surface area contributed by atoms with Crippen LogP contribution in [0.2, 0.25) is 0 Å². The molecule has 6 rings (SSSR count). The SMILES string of the molecule is CNCCN1CCNCC1.O=CN1CC=C(c2cc3c(Nc4ccc5ncsc5c4)ncnc3[nH]2)CC1. The summed E-state index contributed by atoms with van der Waals surface area (Å²) in [5.41, 5.74) is 6.82. The molecule has 3 aromatic heterocycles. The zero-order chi connectivity index (χ0) is 25.5. The Morgan fingerprint density at radius 2 is 2.03 bits per heavy atom. The van der Waals surface area contributed by atoms with Gasteiger partial charge in [-0.15, -0.1) is 11.3 Å². The lowest BCUT2D eigenvalue weighted by molar-refractivity contribution is -0.117. The first-order valence-corrected chi connectivity index (χ1v) is 13.5. The van der Waals surface area contributed by atoms with E-state index in [4.69, 9.17) is 0 Å².